The minimum absolute atomic E-state index is 0.125. The third-order valence-corrected chi connectivity index (χ3v) is 2.74. The summed E-state index contributed by atoms with van der Waals surface area (Å²) in [6, 6.07) is 7.53. The van der Waals surface area contributed by atoms with Gasteiger partial charge in [-0.15, -0.1) is 0 Å². The molecule has 0 heterocycles. The third-order valence-electron chi connectivity index (χ3n) is 2.74. The van der Waals surface area contributed by atoms with Crippen LogP contribution in [0.3, 0.4) is 0 Å². The van der Waals surface area contributed by atoms with Crippen molar-refractivity contribution in [1.29, 1.82) is 0 Å². The molecule has 0 unspecified atom stereocenters. The van der Waals surface area contributed by atoms with Crippen molar-refractivity contribution in [3.8, 4) is 0 Å². The van der Waals surface area contributed by atoms with Gasteiger partial charge in [0, 0.05) is 12.2 Å². The molecule has 0 aliphatic rings. The van der Waals surface area contributed by atoms with E-state index in [1.54, 1.807) is 6.07 Å². The number of benzene rings is 1. The van der Waals surface area contributed by atoms with E-state index in [0.717, 1.165) is 18.6 Å². The summed E-state index contributed by atoms with van der Waals surface area (Å²) in [4.78, 5) is 0. The van der Waals surface area contributed by atoms with Crippen molar-refractivity contribution in [2.45, 2.75) is 39.2 Å². The highest BCUT2D eigenvalue weighted by atomic mass is 16.5. The first-order valence-corrected chi connectivity index (χ1v) is 6.42. The average molecular weight is 250 g/mol. The average Bonchev–Trinajstić information content (AvgIpc) is 2.42. The Morgan fingerprint density at radius 3 is 2.89 bits per heavy atom. The summed E-state index contributed by atoms with van der Waals surface area (Å²) in [5, 5.41) is 11.6. The van der Waals surface area contributed by atoms with Crippen LogP contribution >= 0.6 is 0 Å². The van der Waals surface area contributed by atoms with Crippen molar-refractivity contribution < 1.29 is 9.94 Å². The van der Waals surface area contributed by atoms with Crippen LogP contribution in [0.1, 0.15) is 43.7 Å². The maximum Gasteiger partial charge on any atom is 0.170 e. The second-order valence-corrected chi connectivity index (χ2v) is 4.30. The maximum atomic E-state index is 8.61. The van der Waals surface area contributed by atoms with Gasteiger partial charge < -0.3 is 15.7 Å². The van der Waals surface area contributed by atoms with E-state index in [1.807, 2.05) is 18.2 Å². The number of nitrogens with two attached hydrogens (primary N) is 1. The first-order chi connectivity index (χ1) is 8.77. The Balaban J connectivity index is 2.34. The lowest BCUT2D eigenvalue weighted by Gasteiger charge is -2.06. The minimum atomic E-state index is 0.125. The molecule has 18 heavy (non-hydrogen) atoms. The number of hydrogen-bond donors (Lipinski definition) is 2. The Kier molecular flexibility index (Phi) is 6.87. The van der Waals surface area contributed by atoms with E-state index in [1.165, 1.54) is 19.3 Å². The van der Waals surface area contributed by atoms with E-state index in [0.29, 0.717) is 12.2 Å². The second-order valence-electron chi connectivity index (χ2n) is 4.30. The predicted molar refractivity (Wildman–Crippen MR) is 72.8 cm³/mol. The van der Waals surface area contributed by atoms with Crippen LogP contribution in [0.2, 0.25) is 0 Å². The fourth-order valence-electron chi connectivity index (χ4n) is 1.70. The molecule has 4 nitrogen and oxygen atoms in total. The van der Waals surface area contributed by atoms with Crippen LogP contribution in [0.15, 0.2) is 29.4 Å². The van der Waals surface area contributed by atoms with Crippen LogP contribution in [0.25, 0.3) is 0 Å². The Morgan fingerprint density at radius 1 is 1.33 bits per heavy atom. The van der Waals surface area contributed by atoms with Crippen molar-refractivity contribution in [1.82, 2.24) is 0 Å². The summed E-state index contributed by atoms with van der Waals surface area (Å²) in [7, 11) is 0. The van der Waals surface area contributed by atoms with Crippen molar-refractivity contribution >= 4 is 5.84 Å². The van der Waals surface area contributed by atoms with Crippen LogP contribution in [-0.4, -0.2) is 17.6 Å². The van der Waals surface area contributed by atoms with Crippen LogP contribution in [0.5, 0.6) is 0 Å². The Bertz CT molecular complexity index is 378. The molecule has 1 rings (SSSR count). The molecule has 0 aromatic heterocycles. The van der Waals surface area contributed by atoms with Crippen LogP contribution < -0.4 is 5.73 Å². The smallest absolute Gasteiger partial charge is 0.170 e. The summed E-state index contributed by atoms with van der Waals surface area (Å²) in [6.45, 7) is 3.55. The van der Waals surface area contributed by atoms with Gasteiger partial charge in [-0.05, 0) is 18.1 Å². The number of amidine groups is 1. The van der Waals surface area contributed by atoms with Crippen LogP contribution in [-0.2, 0) is 11.3 Å². The van der Waals surface area contributed by atoms with Crippen LogP contribution in [0, 0.1) is 0 Å². The molecule has 0 saturated heterocycles. The van der Waals surface area contributed by atoms with Gasteiger partial charge in [0.1, 0.15) is 0 Å². The van der Waals surface area contributed by atoms with Crippen molar-refractivity contribution in [2.24, 2.45) is 10.9 Å². The second kappa shape index (κ2) is 8.53. The van der Waals surface area contributed by atoms with E-state index >= 15 is 0 Å². The van der Waals surface area contributed by atoms with Crippen molar-refractivity contribution in [3.63, 3.8) is 0 Å². The van der Waals surface area contributed by atoms with Gasteiger partial charge in [0.2, 0.25) is 0 Å². The van der Waals surface area contributed by atoms with Crippen molar-refractivity contribution in [3.05, 3.63) is 35.4 Å². The molecule has 3 N–H and O–H groups in total. The van der Waals surface area contributed by atoms with Gasteiger partial charge in [0.25, 0.3) is 0 Å². The number of oxime groups is 1. The predicted octanol–water partition coefficient (Wildman–Crippen LogP) is 2.88. The van der Waals surface area contributed by atoms with E-state index in [2.05, 4.69) is 12.1 Å². The van der Waals surface area contributed by atoms with Gasteiger partial charge in [0.15, 0.2) is 5.84 Å². The number of ether oxygens (including phenoxy) is 1. The molecule has 4 heteroatoms. The van der Waals surface area contributed by atoms with E-state index < -0.39 is 0 Å². The van der Waals surface area contributed by atoms with Gasteiger partial charge in [-0.25, -0.2) is 0 Å². The molecular weight excluding hydrogens is 228 g/mol. The molecule has 0 atom stereocenters. The number of unbranched alkanes of at least 4 members (excludes halogenated alkanes) is 3. The zero-order valence-corrected chi connectivity index (χ0v) is 10.9. The number of hydrogen-bond acceptors (Lipinski definition) is 3. The largest absolute Gasteiger partial charge is 0.409 e. The monoisotopic (exact) mass is 250 g/mol. The highest BCUT2D eigenvalue weighted by molar-refractivity contribution is 5.97. The third kappa shape index (κ3) is 5.19. The fraction of sp³-hybridized carbons (Fsp3) is 0.500. The molecule has 0 spiro atoms. The zero-order chi connectivity index (χ0) is 13.2. The molecule has 0 amide bonds. The summed E-state index contributed by atoms with van der Waals surface area (Å²) >= 11 is 0. The zero-order valence-electron chi connectivity index (χ0n) is 10.9. The van der Waals surface area contributed by atoms with E-state index in [9.17, 15) is 0 Å². The SMILES string of the molecule is CCCCCCOCc1cccc(/C(N)=N/O)c1. The summed E-state index contributed by atoms with van der Waals surface area (Å²) in [5.41, 5.74) is 7.28. The number of rotatable bonds is 8. The summed E-state index contributed by atoms with van der Waals surface area (Å²) in [5.74, 6) is 0.125. The number of nitrogens with zero attached hydrogens (tertiary/aromatic N) is 1. The molecule has 100 valence electrons. The van der Waals surface area contributed by atoms with Gasteiger partial charge in [-0.2, -0.15) is 0 Å². The molecule has 1 aromatic carbocycles. The van der Waals surface area contributed by atoms with Gasteiger partial charge in [-0.3, -0.25) is 0 Å². The Hall–Kier alpha value is -1.55. The van der Waals surface area contributed by atoms with E-state index in [-0.39, 0.29) is 5.84 Å². The summed E-state index contributed by atoms with van der Waals surface area (Å²) < 4.78 is 5.59. The molecule has 0 aliphatic heterocycles. The summed E-state index contributed by atoms with van der Waals surface area (Å²) in [6.07, 6.45) is 4.83. The first kappa shape index (κ1) is 14.5. The Morgan fingerprint density at radius 2 is 2.17 bits per heavy atom. The lowest BCUT2D eigenvalue weighted by Crippen LogP contribution is -2.13. The fourth-order valence-corrected chi connectivity index (χ4v) is 1.70. The van der Waals surface area contributed by atoms with Crippen molar-refractivity contribution in [2.75, 3.05) is 6.61 Å². The highest BCUT2D eigenvalue weighted by Crippen LogP contribution is 2.07. The lowest BCUT2D eigenvalue weighted by molar-refractivity contribution is 0.117. The van der Waals surface area contributed by atoms with Crippen LogP contribution in [0.4, 0.5) is 0 Å². The normalized spacial score (nSPS) is 11.7. The molecule has 0 fully saturated rings. The molecular formula is C14H22N2O2. The topological polar surface area (TPSA) is 67.8 Å². The quantitative estimate of drug-likeness (QED) is 0.245. The van der Waals surface area contributed by atoms with Gasteiger partial charge in [-0.1, -0.05) is 49.5 Å². The lowest BCUT2D eigenvalue weighted by atomic mass is 10.1. The van der Waals surface area contributed by atoms with E-state index in [4.69, 9.17) is 15.7 Å². The molecule has 0 bridgehead atoms. The Labute approximate surface area is 108 Å². The minimum Gasteiger partial charge on any atom is -0.409 e. The molecule has 0 aliphatic carbocycles. The molecule has 0 saturated carbocycles. The molecule has 0 radical (unpaired) electrons. The van der Waals surface area contributed by atoms with Gasteiger partial charge >= 0.3 is 0 Å². The highest BCUT2D eigenvalue weighted by Gasteiger charge is 2.00. The maximum absolute atomic E-state index is 8.61. The molecule has 1 aromatic rings. The standard InChI is InChI=1S/C14H22N2O2/c1-2-3-4-5-9-18-11-12-7-6-8-13(10-12)14(15)16-17/h6-8,10,17H,2-5,9,11H2,1H3,(H2,15,16). The first-order valence-electron chi connectivity index (χ1n) is 6.42. The van der Waals surface area contributed by atoms with Gasteiger partial charge in [0.05, 0.1) is 6.61 Å².